The monoisotopic (exact) mass is 140 g/mol. The van der Waals surface area contributed by atoms with Crippen LogP contribution in [0.1, 0.15) is 44.9 Å². The molecule has 1 fully saturated rings. The molecule has 0 atom stereocenters. The molecule has 0 saturated heterocycles. The molecule has 0 bridgehead atoms. The average Bonchev–Trinajstić information content (AvgIpc) is 2.03. The van der Waals surface area contributed by atoms with Gasteiger partial charge < -0.3 is 4.79 Å². The zero-order chi connectivity index (χ0) is 7.23. The molecule has 1 nitrogen and oxygen atoms in total. The molecular formula is C9H16O. The molecule has 0 radical (unpaired) electrons. The quantitative estimate of drug-likeness (QED) is 0.550. The molecule has 0 aromatic heterocycles. The van der Waals surface area contributed by atoms with Crippen LogP contribution in [0.4, 0.5) is 0 Å². The summed E-state index contributed by atoms with van der Waals surface area (Å²) >= 11 is 0. The third kappa shape index (κ3) is 2.51. The highest BCUT2D eigenvalue weighted by molar-refractivity contribution is 5.49. The fraction of sp³-hybridized carbons (Fsp3) is 0.889. The Morgan fingerprint density at radius 1 is 1.20 bits per heavy atom. The maximum atomic E-state index is 10.0. The first kappa shape index (κ1) is 7.77. The predicted molar refractivity (Wildman–Crippen MR) is 41.9 cm³/mol. The standard InChI is InChI=1S/C9H16O/c10-8-4-7-9-5-2-1-3-6-9/h8-9H,1-7H2. The molecule has 1 aliphatic rings. The summed E-state index contributed by atoms with van der Waals surface area (Å²) in [7, 11) is 0. The van der Waals surface area contributed by atoms with Gasteiger partial charge in [0.15, 0.2) is 0 Å². The van der Waals surface area contributed by atoms with Gasteiger partial charge in [-0.3, -0.25) is 0 Å². The topological polar surface area (TPSA) is 17.1 Å². The van der Waals surface area contributed by atoms with Crippen LogP contribution >= 0.6 is 0 Å². The Morgan fingerprint density at radius 2 is 1.90 bits per heavy atom. The van der Waals surface area contributed by atoms with Crippen molar-refractivity contribution in [3.8, 4) is 0 Å². The second kappa shape index (κ2) is 4.48. The lowest BCUT2D eigenvalue weighted by Gasteiger charge is -2.19. The largest absolute Gasteiger partial charge is 0.303 e. The fourth-order valence-corrected chi connectivity index (χ4v) is 1.78. The molecule has 0 unspecified atom stereocenters. The van der Waals surface area contributed by atoms with E-state index in [0.29, 0.717) is 0 Å². The maximum Gasteiger partial charge on any atom is 0.120 e. The van der Waals surface area contributed by atoms with Gasteiger partial charge in [0.25, 0.3) is 0 Å². The van der Waals surface area contributed by atoms with Gasteiger partial charge >= 0.3 is 0 Å². The van der Waals surface area contributed by atoms with Crippen molar-refractivity contribution in [2.24, 2.45) is 5.92 Å². The number of aldehydes is 1. The van der Waals surface area contributed by atoms with Gasteiger partial charge in [-0.05, 0) is 12.3 Å². The molecule has 0 N–H and O–H groups in total. The minimum atomic E-state index is 0.782. The van der Waals surface area contributed by atoms with Crippen LogP contribution in [0.25, 0.3) is 0 Å². The number of hydrogen-bond donors (Lipinski definition) is 0. The third-order valence-electron chi connectivity index (χ3n) is 2.42. The lowest BCUT2D eigenvalue weighted by Crippen LogP contribution is -2.05. The SMILES string of the molecule is O=CCCC1CCCCC1. The van der Waals surface area contributed by atoms with Crippen LogP contribution < -0.4 is 0 Å². The van der Waals surface area contributed by atoms with E-state index in [1.807, 2.05) is 0 Å². The van der Waals surface area contributed by atoms with Gasteiger partial charge in [0.1, 0.15) is 6.29 Å². The van der Waals surface area contributed by atoms with Crippen molar-refractivity contribution in [2.75, 3.05) is 0 Å². The number of hydrogen-bond acceptors (Lipinski definition) is 1. The van der Waals surface area contributed by atoms with E-state index in [4.69, 9.17) is 0 Å². The Labute approximate surface area is 62.8 Å². The minimum absolute atomic E-state index is 0.782. The van der Waals surface area contributed by atoms with E-state index in [-0.39, 0.29) is 0 Å². The highest BCUT2D eigenvalue weighted by Crippen LogP contribution is 2.26. The molecular weight excluding hydrogens is 124 g/mol. The Hall–Kier alpha value is -0.330. The van der Waals surface area contributed by atoms with Crippen LogP contribution in [-0.2, 0) is 4.79 Å². The van der Waals surface area contributed by atoms with Crippen molar-refractivity contribution in [2.45, 2.75) is 44.9 Å². The lowest BCUT2D eigenvalue weighted by molar-refractivity contribution is -0.108. The summed E-state index contributed by atoms with van der Waals surface area (Å²) in [5, 5.41) is 0. The summed E-state index contributed by atoms with van der Waals surface area (Å²) in [6.45, 7) is 0. The van der Waals surface area contributed by atoms with Crippen molar-refractivity contribution < 1.29 is 4.79 Å². The Morgan fingerprint density at radius 3 is 2.50 bits per heavy atom. The van der Waals surface area contributed by atoms with Gasteiger partial charge in [-0.15, -0.1) is 0 Å². The van der Waals surface area contributed by atoms with Crippen LogP contribution in [0.2, 0.25) is 0 Å². The van der Waals surface area contributed by atoms with Gasteiger partial charge in [0, 0.05) is 6.42 Å². The molecule has 0 aromatic rings. The first-order valence-corrected chi connectivity index (χ1v) is 4.37. The molecule has 0 spiro atoms. The highest BCUT2D eigenvalue weighted by atomic mass is 16.1. The van der Waals surface area contributed by atoms with Crippen molar-refractivity contribution in [3.05, 3.63) is 0 Å². The normalized spacial score (nSPS) is 20.8. The van der Waals surface area contributed by atoms with E-state index < -0.39 is 0 Å². The van der Waals surface area contributed by atoms with Crippen molar-refractivity contribution in [3.63, 3.8) is 0 Å². The zero-order valence-electron chi connectivity index (χ0n) is 6.51. The van der Waals surface area contributed by atoms with Crippen molar-refractivity contribution in [1.82, 2.24) is 0 Å². The lowest BCUT2D eigenvalue weighted by atomic mass is 9.86. The van der Waals surface area contributed by atoms with Crippen LogP contribution in [0.15, 0.2) is 0 Å². The molecule has 1 saturated carbocycles. The summed E-state index contributed by atoms with van der Waals surface area (Å²) in [4.78, 5) is 10.0. The first-order valence-electron chi connectivity index (χ1n) is 4.37. The Balaban J connectivity index is 2.07. The average molecular weight is 140 g/mol. The van der Waals surface area contributed by atoms with E-state index in [1.54, 1.807) is 0 Å². The van der Waals surface area contributed by atoms with Crippen LogP contribution in [0.3, 0.4) is 0 Å². The molecule has 10 heavy (non-hydrogen) atoms. The van der Waals surface area contributed by atoms with Gasteiger partial charge in [0.2, 0.25) is 0 Å². The zero-order valence-corrected chi connectivity index (χ0v) is 6.51. The van der Waals surface area contributed by atoms with Crippen LogP contribution in [0, 0.1) is 5.92 Å². The van der Waals surface area contributed by atoms with E-state index in [0.717, 1.165) is 25.0 Å². The molecule has 1 aliphatic carbocycles. The number of carbonyl (C=O) groups is 1. The van der Waals surface area contributed by atoms with Gasteiger partial charge in [-0.25, -0.2) is 0 Å². The Kier molecular flexibility index (Phi) is 3.48. The summed E-state index contributed by atoms with van der Waals surface area (Å²) in [5.74, 6) is 0.874. The van der Waals surface area contributed by atoms with Crippen LogP contribution in [-0.4, -0.2) is 6.29 Å². The van der Waals surface area contributed by atoms with E-state index in [1.165, 1.54) is 32.1 Å². The smallest absolute Gasteiger partial charge is 0.120 e. The molecule has 0 amide bonds. The maximum absolute atomic E-state index is 10.0. The predicted octanol–water partition coefficient (Wildman–Crippen LogP) is 2.55. The second-order valence-electron chi connectivity index (χ2n) is 3.25. The van der Waals surface area contributed by atoms with Gasteiger partial charge in [-0.1, -0.05) is 32.1 Å². The third-order valence-corrected chi connectivity index (χ3v) is 2.42. The summed E-state index contributed by atoms with van der Waals surface area (Å²) in [6, 6.07) is 0. The van der Waals surface area contributed by atoms with E-state index in [9.17, 15) is 4.79 Å². The van der Waals surface area contributed by atoms with Crippen molar-refractivity contribution >= 4 is 6.29 Å². The molecule has 1 heteroatoms. The molecule has 1 rings (SSSR count). The summed E-state index contributed by atoms with van der Waals surface area (Å²) < 4.78 is 0. The number of rotatable bonds is 3. The number of carbonyl (C=O) groups excluding carboxylic acids is 1. The highest BCUT2D eigenvalue weighted by Gasteiger charge is 2.11. The fourth-order valence-electron chi connectivity index (χ4n) is 1.78. The Bertz CT molecular complexity index is 92.9. The molecule has 0 aromatic carbocycles. The summed E-state index contributed by atoms with van der Waals surface area (Å²) in [6.07, 6.45) is 9.91. The summed E-state index contributed by atoms with van der Waals surface area (Å²) in [5.41, 5.74) is 0. The van der Waals surface area contributed by atoms with Crippen molar-refractivity contribution in [1.29, 1.82) is 0 Å². The van der Waals surface area contributed by atoms with Crippen LogP contribution in [0.5, 0.6) is 0 Å². The van der Waals surface area contributed by atoms with Gasteiger partial charge in [-0.2, -0.15) is 0 Å². The van der Waals surface area contributed by atoms with E-state index in [2.05, 4.69) is 0 Å². The van der Waals surface area contributed by atoms with Gasteiger partial charge in [0.05, 0.1) is 0 Å². The molecule has 58 valence electrons. The minimum Gasteiger partial charge on any atom is -0.303 e. The second-order valence-corrected chi connectivity index (χ2v) is 3.25. The molecule has 0 heterocycles. The molecule has 0 aliphatic heterocycles. The van der Waals surface area contributed by atoms with E-state index >= 15 is 0 Å². The first-order chi connectivity index (χ1) is 4.93.